The summed E-state index contributed by atoms with van der Waals surface area (Å²) < 4.78 is 51.8. The fourth-order valence-electron chi connectivity index (χ4n) is 5.98. The molecule has 2 bridgehead atoms. The summed E-state index contributed by atoms with van der Waals surface area (Å²) >= 11 is 0. The third-order valence-electron chi connectivity index (χ3n) is 7.62. The number of aromatic nitrogens is 1. The number of benzene rings is 1. The van der Waals surface area contributed by atoms with Gasteiger partial charge in [-0.15, -0.1) is 8.78 Å². The highest BCUT2D eigenvalue weighted by atomic mass is 19.3. The van der Waals surface area contributed by atoms with E-state index in [1.807, 2.05) is 0 Å². The number of carbonyl (C=O) groups is 2. The van der Waals surface area contributed by atoms with E-state index in [9.17, 15) is 18.4 Å². The lowest BCUT2D eigenvalue weighted by Gasteiger charge is -2.74. The Morgan fingerprint density at radius 2 is 1.76 bits per heavy atom. The van der Waals surface area contributed by atoms with E-state index >= 15 is 0 Å². The Morgan fingerprint density at radius 1 is 1.08 bits per heavy atom. The highest BCUT2D eigenvalue weighted by Gasteiger charge is 2.70. The molecule has 7 rings (SSSR count). The summed E-state index contributed by atoms with van der Waals surface area (Å²) in [5.74, 6) is -1.64. The van der Waals surface area contributed by atoms with Crippen molar-refractivity contribution in [2.75, 3.05) is 51.2 Å². The van der Waals surface area contributed by atoms with Gasteiger partial charge in [0.25, 0.3) is 5.91 Å². The number of hydrogen-bond donors (Lipinski definition) is 2. The summed E-state index contributed by atoms with van der Waals surface area (Å²) in [5.41, 5.74) is -0.212. The molecule has 3 saturated carbocycles. The van der Waals surface area contributed by atoms with Gasteiger partial charge in [-0.1, -0.05) is 0 Å². The van der Waals surface area contributed by atoms with Crippen LogP contribution in [0.1, 0.15) is 40.0 Å². The maximum atomic E-state index is 13.6. The number of nitrogens with one attached hydrogen (secondary N) is 2. The van der Waals surface area contributed by atoms with Gasteiger partial charge in [-0.2, -0.15) is 0 Å². The normalized spacial score (nSPS) is 26.5. The zero-order valence-corrected chi connectivity index (χ0v) is 20.8. The van der Waals surface area contributed by atoms with Crippen LogP contribution in [0, 0.1) is 0 Å². The average molecular weight is 533 g/mol. The van der Waals surface area contributed by atoms with Gasteiger partial charge in [0.2, 0.25) is 0 Å². The van der Waals surface area contributed by atoms with E-state index in [2.05, 4.69) is 30.0 Å². The molecule has 1 amide bonds. The molecule has 0 unspecified atom stereocenters. The minimum atomic E-state index is -3.90. The number of esters is 1. The fraction of sp³-hybridized carbons (Fsp3) is 0.480. The molecule has 202 valence electrons. The van der Waals surface area contributed by atoms with Crippen LogP contribution in [-0.2, 0) is 9.47 Å². The van der Waals surface area contributed by atoms with E-state index in [0.29, 0.717) is 5.82 Å². The Balaban J connectivity index is 1.26. The Bertz CT molecular complexity index is 1300. The molecule has 0 spiro atoms. The van der Waals surface area contributed by atoms with Crippen LogP contribution in [0.5, 0.6) is 17.2 Å². The van der Waals surface area contributed by atoms with Gasteiger partial charge in [-0.05, 0) is 25.3 Å². The Labute approximate surface area is 216 Å². The van der Waals surface area contributed by atoms with Crippen molar-refractivity contribution in [2.24, 2.45) is 0 Å². The second-order valence-corrected chi connectivity index (χ2v) is 9.95. The second kappa shape index (κ2) is 8.67. The van der Waals surface area contributed by atoms with Crippen LogP contribution in [0.2, 0.25) is 0 Å². The molecule has 11 nitrogen and oxygen atoms in total. The number of amides is 1. The van der Waals surface area contributed by atoms with Gasteiger partial charge in [0.15, 0.2) is 11.5 Å². The zero-order valence-electron chi connectivity index (χ0n) is 20.8. The molecule has 1 aromatic heterocycles. The molecule has 38 heavy (non-hydrogen) atoms. The summed E-state index contributed by atoms with van der Waals surface area (Å²) in [6.45, 7) is 3.28. The number of methoxy groups -OCH3 is 2. The molecule has 0 atom stereocenters. The Hall–Kier alpha value is -3.71. The minimum Gasteiger partial charge on any atom is -0.496 e. The number of pyridine rings is 1. The standard InChI is InChI=1S/C25H26F2N4O7/c1-34-16-3-4-28-20(30-23-11-24(12-23,13-23)31-5-7-36-8-6-31)19(16)21(32)29-15-10-18-17(37-25(26,27)38-18)9-14(15)22(33)35-2/h3-4,9-10H,5-8,11-13H2,1-2H3,(H,28,30)(H,29,32). The van der Waals surface area contributed by atoms with E-state index < -0.39 is 18.2 Å². The minimum absolute atomic E-state index is 0.101. The number of hydrogen-bond acceptors (Lipinski definition) is 10. The lowest BCUT2D eigenvalue weighted by atomic mass is 9.43. The molecule has 2 N–H and O–H groups in total. The van der Waals surface area contributed by atoms with Gasteiger partial charge < -0.3 is 34.3 Å². The van der Waals surface area contributed by atoms with Crippen molar-refractivity contribution in [3.05, 3.63) is 35.5 Å². The number of morpholine rings is 1. The molecule has 4 fully saturated rings. The molecule has 5 aliphatic rings. The average Bonchev–Trinajstić information content (AvgIpc) is 3.17. The number of ether oxygens (including phenoxy) is 5. The smallest absolute Gasteiger partial charge is 0.496 e. The maximum absolute atomic E-state index is 13.6. The molecule has 2 aromatic rings. The number of carbonyl (C=O) groups excluding carboxylic acids is 2. The second-order valence-electron chi connectivity index (χ2n) is 9.95. The number of rotatable bonds is 7. The first-order chi connectivity index (χ1) is 18.2. The number of nitrogens with zero attached hydrogens (tertiary/aromatic N) is 2. The van der Waals surface area contributed by atoms with Crippen LogP contribution in [0.3, 0.4) is 0 Å². The van der Waals surface area contributed by atoms with Crippen LogP contribution in [0.25, 0.3) is 0 Å². The maximum Gasteiger partial charge on any atom is 0.586 e. The molecule has 13 heteroatoms. The first-order valence-electron chi connectivity index (χ1n) is 12.1. The molecule has 1 aromatic carbocycles. The van der Waals surface area contributed by atoms with Crippen molar-refractivity contribution in [1.82, 2.24) is 9.88 Å². The van der Waals surface area contributed by atoms with Gasteiger partial charge in [-0.25, -0.2) is 9.78 Å². The first-order valence-corrected chi connectivity index (χ1v) is 12.1. The molecule has 3 heterocycles. The predicted octanol–water partition coefficient (Wildman–Crippen LogP) is 2.87. The fourth-order valence-corrected chi connectivity index (χ4v) is 5.98. The van der Waals surface area contributed by atoms with Crippen molar-refractivity contribution in [2.45, 2.75) is 36.6 Å². The number of anilines is 2. The van der Waals surface area contributed by atoms with Gasteiger partial charge in [0, 0.05) is 42.5 Å². The quantitative estimate of drug-likeness (QED) is 0.515. The predicted molar refractivity (Wildman–Crippen MR) is 128 cm³/mol. The zero-order chi connectivity index (χ0) is 26.7. The molecule has 3 aliphatic carbocycles. The number of halogens is 2. The highest BCUT2D eigenvalue weighted by Crippen LogP contribution is 2.65. The summed E-state index contributed by atoms with van der Waals surface area (Å²) in [4.78, 5) is 32.8. The van der Waals surface area contributed by atoms with E-state index in [4.69, 9.17) is 14.2 Å². The topological polar surface area (TPSA) is 120 Å². The highest BCUT2D eigenvalue weighted by molar-refractivity contribution is 6.12. The lowest BCUT2D eigenvalue weighted by molar-refractivity contribution is -0.286. The number of fused-ring (bicyclic) bond motifs is 1. The SMILES string of the molecule is COC(=O)c1cc2c(cc1NC(=O)c1c(OC)ccnc1NC13CC(N4CCOCC4)(C1)C3)OC(F)(F)O2. The summed E-state index contributed by atoms with van der Waals surface area (Å²) in [6.07, 6.45) is 0.390. The van der Waals surface area contributed by atoms with Crippen LogP contribution >= 0.6 is 0 Å². The van der Waals surface area contributed by atoms with Crippen molar-refractivity contribution in [3.8, 4) is 17.2 Å². The molecule has 0 radical (unpaired) electrons. The van der Waals surface area contributed by atoms with E-state index in [1.54, 1.807) is 6.07 Å². The van der Waals surface area contributed by atoms with Crippen molar-refractivity contribution in [1.29, 1.82) is 0 Å². The van der Waals surface area contributed by atoms with Crippen molar-refractivity contribution >= 4 is 23.4 Å². The van der Waals surface area contributed by atoms with Crippen molar-refractivity contribution in [3.63, 3.8) is 0 Å². The van der Waals surface area contributed by atoms with Crippen molar-refractivity contribution < 1.29 is 42.1 Å². The lowest BCUT2D eigenvalue weighted by Crippen LogP contribution is -2.82. The number of alkyl halides is 2. The van der Waals surface area contributed by atoms with E-state index in [0.717, 1.165) is 64.8 Å². The van der Waals surface area contributed by atoms with Crippen LogP contribution in [0.15, 0.2) is 24.4 Å². The summed E-state index contributed by atoms with van der Waals surface area (Å²) in [5, 5.41) is 6.06. The molecular formula is C25H26F2N4O7. The van der Waals surface area contributed by atoms with Gasteiger partial charge in [-0.3, -0.25) is 9.69 Å². The van der Waals surface area contributed by atoms with E-state index in [1.165, 1.54) is 13.3 Å². The Kier molecular flexibility index (Phi) is 5.61. The van der Waals surface area contributed by atoms with Crippen LogP contribution in [-0.4, -0.2) is 79.7 Å². The first kappa shape index (κ1) is 24.6. The Morgan fingerprint density at radius 3 is 2.42 bits per heavy atom. The third-order valence-corrected chi connectivity index (χ3v) is 7.62. The summed E-state index contributed by atoms with van der Waals surface area (Å²) in [6, 6.07) is 3.66. The summed E-state index contributed by atoms with van der Waals surface area (Å²) in [7, 11) is 2.56. The monoisotopic (exact) mass is 532 g/mol. The largest absolute Gasteiger partial charge is 0.586 e. The van der Waals surface area contributed by atoms with Gasteiger partial charge in [0.05, 0.1) is 38.7 Å². The van der Waals surface area contributed by atoms with E-state index in [-0.39, 0.29) is 45.1 Å². The van der Waals surface area contributed by atoms with Gasteiger partial charge >= 0.3 is 12.3 Å². The molecular weight excluding hydrogens is 506 g/mol. The van der Waals surface area contributed by atoms with Crippen LogP contribution in [0.4, 0.5) is 20.3 Å². The molecule has 2 aliphatic heterocycles. The van der Waals surface area contributed by atoms with Gasteiger partial charge in [0.1, 0.15) is 17.1 Å². The van der Waals surface area contributed by atoms with Crippen LogP contribution < -0.4 is 24.8 Å². The molecule has 1 saturated heterocycles. The third kappa shape index (κ3) is 3.97.